The minimum absolute atomic E-state index is 0.0554. The van der Waals surface area contributed by atoms with Crippen LogP contribution >= 0.6 is 11.8 Å². The highest BCUT2D eigenvalue weighted by Crippen LogP contribution is 2.24. The number of fused-ring (bicyclic) bond motifs is 1. The minimum Gasteiger partial charge on any atom is -0.392 e. The highest BCUT2D eigenvalue weighted by molar-refractivity contribution is 7.98. The van der Waals surface area contributed by atoms with E-state index in [9.17, 15) is 0 Å². The molecule has 0 aliphatic carbocycles. The Morgan fingerprint density at radius 2 is 2.00 bits per heavy atom. The van der Waals surface area contributed by atoms with E-state index in [1.165, 1.54) is 11.8 Å². The Bertz CT molecular complexity index is 844. The van der Waals surface area contributed by atoms with Gasteiger partial charge in [0.2, 0.25) is 0 Å². The van der Waals surface area contributed by atoms with Crippen LogP contribution in [0.3, 0.4) is 0 Å². The molecule has 2 N–H and O–H groups in total. The third-order valence-corrected chi connectivity index (χ3v) is 4.17. The molecule has 0 bridgehead atoms. The number of nitrogens with zero attached hydrogens (tertiary/aromatic N) is 4. The fourth-order valence-electron chi connectivity index (χ4n) is 2.37. The molecule has 1 aromatic carbocycles. The summed E-state index contributed by atoms with van der Waals surface area (Å²) in [4.78, 5) is 9.11. The Morgan fingerprint density at radius 1 is 1.25 bits per heavy atom. The molecule has 0 saturated carbocycles. The van der Waals surface area contributed by atoms with Gasteiger partial charge in [-0.25, -0.2) is 14.6 Å². The molecule has 0 spiro atoms. The minimum atomic E-state index is 0.0554. The lowest BCUT2D eigenvalue weighted by molar-refractivity contribution is 0.282. The smallest absolute Gasteiger partial charge is 0.191 e. The number of hydrogen-bond acceptors (Lipinski definition) is 6. The molecule has 0 atom stereocenters. The van der Waals surface area contributed by atoms with E-state index in [1.54, 1.807) is 12.3 Å². The summed E-state index contributed by atoms with van der Waals surface area (Å²) in [5, 5.41) is 18.4. The van der Waals surface area contributed by atoms with Gasteiger partial charge in [0, 0.05) is 6.54 Å². The molecule has 3 aromatic rings. The molecule has 124 valence electrons. The van der Waals surface area contributed by atoms with Crippen LogP contribution in [0.25, 0.3) is 11.0 Å². The molecule has 0 unspecified atom stereocenters. The van der Waals surface area contributed by atoms with Crippen LogP contribution in [0.1, 0.15) is 11.1 Å². The maximum atomic E-state index is 9.11. The van der Waals surface area contributed by atoms with Crippen molar-refractivity contribution in [1.82, 2.24) is 19.7 Å². The summed E-state index contributed by atoms with van der Waals surface area (Å²) in [7, 11) is 0. The number of nitrogens with one attached hydrogen (secondary N) is 1. The molecular formula is C17H19N5OS. The molecule has 24 heavy (non-hydrogen) atoms. The van der Waals surface area contributed by atoms with Crippen LogP contribution in [-0.2, 0) is 19.7 Å². The van der Waals surface area contributed by atoms with E-state index in [2.05, 4.69) is 27.0 Å². The molecule has 0 radical (unpaired) electrons. The lowest BCUT2D eigenvalue weighted by Gasteiger charge is -2.09. The van der Waals surface area contributed by atoms with Gasteiger partial charge in [0.05, 0.1) is 24.7 Å². The van der Waals surface area contributed by atoms with Crippen molar-refractivity contribution in [3.05, 3.63) is 54.2 Å². The standard InChI is InChI=1S/C17H19N5OS/c1-3-8-22-16-14(10-19-22)15(20-17(21-16)24-2)18-9-12-4-6-13(11-23)7-5-12/h3-7,10,23H,1,8-9,11H2,2H3,(H,18,20,21). The average molecular weight is 341 g/mol. The number of anilines is 1. The highest BCUT2D eigenvalue weighted by atomic mass is 32.2. The van der Waals surface area contributed by atoms with Crippen molar-refractivity contribution >= 4 is 28.6 Å². The van der Waals surface area contributed by atoms with E-state index in [0.29, 0.717) is 18.2 Å². The Hall–Kier alpha value is -2.38. The summed E-state index contributed by atoms with van der Waals surface area (Å²) >= 11 is 1.50. The van der Waals surface area contributed by atoms with Crippen molar-refractivity contribution in [3.63, 3.8) is 0 Å². The monoisotopic (exact) mass is 341 g/mol. The predicted molar refractivity (Wildman–Crippen MR) is 97.0 cm³/mol. The van der Waals surface area contributed by atoms with Gasteiger partial charge >= 0.3 is 0 Å². The van der Waals surface area contributed by atoms with Gasteiger partial charge in [-0.15, -0.1) is 6.58 Å². The molecule has 0 saturated heterocycles. The van der Waals surface area contributed by atoms with Crippen LogP contribution in [0.15, 0.2) is 48.3 Å². The number of allylic oxidation sites excluding steroid dienone is 1. The van der Waals surface area contributed by atoms with E-state index in [1.807, 2.05) is 35.2 Å². The molecule has 0 aliphatic rings. The average Bonchev–Trinajstić information content (AvgIpc) is 3.03. The van der Waals surface area contributed by atoms with Crippen molar-refractivity contribution in [2.75, 3.05) is 11.6 Å². The van der Waals surface area contributed by atoms with Crippen LogP contribution in [0.2, 0.25) is 0 Å². The van der Waals surface area contributed by atoms with Crippen molar-refractivity contribution < 1.29 is 5.11 Å². The van der Waals surface area contributed by atoms with Crippen molar-refractivity contribution in [2.45, 2.75) is 24.9 Å². The van der Waals surface area contributed by atoms with Crippen molar-refractivity contribution in [3.8, 4) is 0 Å². The Labute approximate surface area is 144 Å². The third-order valence-electron chi connectivity index (χ3n) is 3.63. The van der Waals surface area contributed by atoms with Crippen LogP contribution in [0, 0.1) is 0 Å². The number of aromatic nitrogens is 4. The number of rotatable bonds is 7. The second-order valence-electron chi connectivity index (χ2n) is 5.24. The molecule has 2 heterocycles. The van der Waals surface area contributed by atoms with Crippen molar-refractivity contribution in [1.29, 1.82) is 0 Å². The Balaban J connectivity index is 1.88. The number of aliphatic hydroxyl groups excluding tert-OH is 1. The molecule has 3 rings (SSSR count). The number of benzene rings is 1. The first-order valence-corrected chi connectivity index (χ1v) is 8.78. The zero-order valence-electron chi connectivity index (χ0n) is 13.4. The second kappa shape index (κ2) is 7.46. The molecule has 0 aliphatic heterocycles. The van der Waals surface area contributed by atoms with Gasteiger partial charge in [-0.1, -0.05) is 42.1 Å². The van der Waals surface area contributed by atoms with Crippen LogP contribution in [0.4, 0.5) is 5.82 Å². The van der Waals surface area contributed by atoms with Crippen molar-refractivity contribution in [2.24, 2.45) is 0 Å². The predicted octanol–water partition coefficient (Wildman–Crippen LogP) is 2.84. The molecule has 2 aromatic heterocycles. The first-order valence-electron chi connectivity index (χ1n) is 7.56. The number of thioether (sulfide) groups is 1. The first-order chi connectivity index (χ1) is 11.7. The normalized spacial score (nSPS) is 10.9. The van der Waals surface area contributed by atoms with Crippen LogP contribution < -0.4 is 5.32 Å². The van der Waals surface area contributed by atoms with Gasteiger partial charge in [-0.2, -0.15) is 5.10 Å². The number of hydrogen-bond donors (Lipinski definition) is 2. The molecular weight excluding hydrogens is 322 g/mol. The lowest BCUT2D eigenvalue weighted by Crippen LogP contribution is -2.05. The quantitative estimate of drug-likeness (QED) is 0.391. The van der Waals surface area contributed by atoms with E-state index < -0.39 is 0 Å². The van der Waals surface area contributed by atoms with Gasteiger partial charge < -0.3 is 10.4 Å². The molecule has 0 amide bonds. The lowest BCUT2D eigenvalue weighted by atomic mass is 10.1. The highest BCUT2D eigenvalue weighted by Gasteiger charge is 2.12. The second-order valence-corrected chi connectivity index (χ2v) is 6.01. The zero-order valence-corrected chi connectivity index (χ0v) is 14.3. The Kier molecular flexibility index (Phi) is 5.12. The maximum Gasteiger partial charge on any atom is 0.191 e. The largest absolute Gasteiger partial charge is 0.392 e. The number of aliphatic hydroxyl groups is 1. The summed E-state index contributed by atoms with van der Waals surface area (Å²) in [6.45, 7) is 5.05. The summed E-state index contributed by atoms with van der Waals surface area (Å²) < 4.78 is 1.81. The van der Waals surface area contributed by atoms with Crippen LogP contribution in [0.5, 0.6) is 0 Å². The van der Waals surface area contributed by atoms with E-state index in [4.69, 9.17) is 5.11 Å². The Morgan fingerprint density at radius 3 is 2.67 bits per heavy atom. The third kappa shape index (κ3) is 3.42. The van der Waals surface area contributed by atoms with Gasteiger partial charge in [0.1, 0.15) is 5.82 Å². The van der Waals surface area contributed by atoms with Gasteiger partial charge in [-0.05, 0) is 17.4 Å². The first kappa shape index (κ1) is 16.5. The SMILES string of the molecule is C=CCn1ncc2c(NCc3ccc(CO)cc3)nc(SC)nc21. The molecule has 0 fully saturated rings. The molecule has 6 nitrogen and oxygen atoms in total. The van der Waals surface area contributed by atoms with E-state index >= 15 is 0 Å². The summed E-state index contributed by atoms with van der Waals surface area (Å²) in [5.74, 6) is 0.769. The van der Waals surface area contributed by atoms with Gasteiger partial charge in [-0.3, -0.25) is 0 Å². The van der Waals surface area contributed by atoms with Gasteiger partial charge in [0.25, 0.3) is 0 Å². The fourth-order valence-corrected chi connectivity index (χ4v) is 2.73. The summed E-state index contributed by atoms with van der Waals surface area (Å²) in [6, 6.07) is 7.82. The summed E-state index contributed by atoms with van der Waals surface area (Å²) in [5.41, 5.74) is 2.81. The van der Waals surface area contributed by atoms with Gasteiger partial charge in [0.15, 0.2) is 10.8 Å². The zero-order chi connectivity index (χ0) is 16.9. The van der Waals surface area contributed by atoms with E-state index in [0.717, 1.165) is 28.0 Å². The topological polar surface area (TPSA) is 75.9 Å². The fraction of sp³-hybridized carbons (Fsp3) is 0.235. The van der Waals surface area contributed by atoms with Crippen LogP contribution in [-0.4, -0.2) is 31.1 Å². The molecule has 7 heteroatoms. The summed E-state index contributed by atoms with van der Waals surface area (Å²) in [6.07, 6.45) is 5.52. The van der Waals surface area contributed by atoms with E-state index in [-0.39, 0.29) is 6.61 Å². The maximum absolute atomic E-state index is 9.11.